The van der Waals surface area contributed by atoms with Crippen LogP contribution in [0.3, 0.4) is 0 Å². The summed E-state index contributed by atoms with van der Waals surface area (Å²) in [5.41, 5.74) is 3.45. The lowest BCUT2D eigenvalue weighted by Gasteiger charge is -2.17. The van der Waals surface area contributed by atoms with Crippen molar-refractivity contribution >= 4 is 11.6 Å². The quantitative estimate of drug-likeness (QED) is 0.398. The molecule has 2 N–H and O–H groups in total. The fourth-order valence-electron chi connectivity index (χ4n) is 1.60. The third-order valence-electron chi connectivity index (χ3n) is 2.50. The first kappa shape index (κ1) is 17.2. The monoisotopic (exact) mass is 315 g/mol. The predicted octanol–water partition coefficient (Wildman–Crippen LogP) is 0.983. The summed E-state index contributed by atoms with van der Waals surface area (Å²) >= 11 is 5.72. The van der Waals surface area contributed by atoms with Gasteiger partial charge in [-0.1, -0.05) is 17.7 Å². The topological polar surface area (TPSA) is 92.6 Å². The van der Waals surface area contributed by atoms with Crippen molar-refractivity contribution in [2.45, 2.75) is 6.54 Å². The first-order valence-corrected chi connectivity index (χ1v) is 6.56. The van der Waals surface area contributed by atoms with Gasteiger partial charge in [0.25, 0.3) is 6.20 Å². The van der Waals surface area contributed by atoms with Crippen molar-refractivity contribution in [3.05, 3.63) is 51.2 Å². The van der Waals surface area contributed by atoms with Crippen molar-refractivity contribution in [3.8, 4) is 0 Å². The zero-order valence-electron chi connectivity index (χ0n) is 11.9. The van der Waals surface area contributed by atoms with Gasteiger partial charge in [0.1, 0.15) is 5.15 Å². The number of nitrogens with one attached hydrogen (secondary N) is 2. The van der Waals surface area contributed by atoms with Crippen molar-refractivity contribution in [1.29, 1.82) is 0 Å². The summed E-state index contributed by atoms with van der Waals surface area (Å²) in [5, 5.41) is 13.8. The lowest BCUT2D eigenvalue weighted by molar-refractivity contribution is -0.404. The largest absolute Gasteiger partial charge is 0.364 e. The molecule has 8 nitrogen and oxygen atoms in total. The summed E-state index contributed by atoms with van der Waals surface area (Å²) in [4.78, 5) is 20.6. The number of hydroxylamine groups is 1. The number of nitrogens with zero attached hydrogens (tertiary/aromatic N) is 3. The number of aromatic nitrogens is 1. The van der Waals surface area contributed by atoms with E-state index in [1.165, 1.54) is 7.11 Å². The molecule has 0 aromatic carbocycles. The Bertz CT molecular complexity index is 480. The number of hydrogen-bond acceptors (Lipinski definition) is 7. The molecule has 1 aromatic heterocycles. The van der Waals surface area contributed by atoms with E-state index >= 15 is 0 Å². The van der Waals surface area contributed by atoms with E-state index in [0.29, 0.717) is 24.8 Å². The van der Waals surface area contributed by atoms with Crippen LogP contribution in [0.25, 0.3) is 0 Å². The molecule has 0 aliphatic heterocycles. The van der Waals surface area contributed by atoms with Crippen LogP contribution in [0, 0.1) is 10.1 Å². The van der Waals surface area contributed by atoms with Gasteiger partial charge in [-0.15, -0.1) is 0 Å². The van der Waals surface area contributed by atoms with Gasteiger partial charge < -0.3 is 10.2 Å². The zero-order chi connectivity index (χ0) is 15.7. The molecule has 1 aromatic rings. The van der Waals surface area contributed by atoms with E-state index in [2.05, 4.69) is 25.5 Å². The summed E-state index contributed by atoms with van der Waals surface area (Å²) in [6.07, 6.45) is 2.53. The first-order valence-electron chi connectivity index (χ1n) is 6.18. The Morgan fingerprint density at radius 2 is 2.38 bits per heavy atom. The van der Waals surface area contributed by atoms with Crippen molar-refractivity contribution in [3.63, 3.8) is 0 Å². The highest BCUT2D eigenvalue weighted by atomic mass is 35.5. The lowest BCUT2D eigenvalue weighted by atomic mass is 10.3. The maximum atomic E-state index is 10.4. The van der Waals surface area contributed by atoms with Crippen LogP contribution in [0.15, 0.2) is 30.4 Å². The van der Waals surface area contributed by atoms with Crippen LogP contribution >= 0.6 is 11.6 Å². The normalized spacial score (nSPS) is 11.5. The third kappa shape index (κ3) is 7.45. The Kier molecular flexibility index (Phi) is 7.44. The fraction of sp³-hybridized carbons (Fsp3) is 0.417. The van der Waals surface area contributed by atoms with Crippen molar-refractivity contribution < 1.29 is 9.76 Å². The predicted molar refractivity (Wildman–Crippen MR) is 78.8 cm³/mol. The molecule has 1 heterocycles. The Morgan fingerprint density at radius 1 is 1.62 bits per heavy atom. The number of pyridine rings is 1. The molecular formula is C12H18ClN5O3. The van der Waals surface area contributed by atoms with E-state index in [-0.39, 0.29) is 5.82 Å². The molecular weight excluding hydrogens is 298 g/mol. The Morgan fingerprint density at radius 3 is 2.95 bits per heavy atom. The highest BCUT2D eigenvalue weighted by Gasteiger charge is 2.04. The van der Waals surface area contributed by atoms with Crippen molar-refractivity contribution in [2.24, 2.45) is 0 Å². The van der Waals surface area contributed by atoms with Crippen LogP contribution in [0.4, 0.5) is 0 Å². The number of hydrogen-bond donors (Lipinski definition) is 2. The molecule has 0 atom stereocenters. The number of likely N-dealkylation sites (N-methyl/N-ethyl adjacent to an activating group) is 1. The maximum Gasteiger partial charge on any atom is 0.276 e. The van der Waals surface area contributed by atoms with Gasteiger partial charge in [-0.05, 0) is 18.7 Å². The minimum atomic E-state index is -0.558. The van der Waals surface area contributed by atoms with Crippen LogP contribution in [-0.2, 0) is 11.4 Å². The molecule has 0 saturated carbocycles. The number of rotatable bonds is 9. The smallest absolute Gasteiger partial charge is 0.276 e. The molecule has 21 heavy (non-hydrogen) atoms. The van der Waals surface area contributed by atoms with E-state index in [1.54, 1.807) is 12.3 Å². The van der Waals surface area contributed by atoms with E-state index in [9.17, 15) is 10.1 Å². The molecule has 0 saturated heterocycles. The minimum Gasteiger partial charge on any atom is -0.364 e. The van der Waals surface area contributed by atoms with Gasteiger partial charge in [-0.25, -0.2) is 10.5 Å². The highest BCUT2D eigenvalue weighted by molar-refractivity contribution is 6.29. The fourth-order valence-corrected chi connectivity index (χ4v) is 1.71. The zero-order valence-corrected chi connectivity index (χ0v) is 12.6. The summed E-state index contributed by atoms with van der Waals surface area (Å²) < 4.78 is 0. The summed E-state index contributed by atoms with van der Waals surface area (Å²) in [6, 6.07) is 3.65. The molecule has 0 spiro atoms. The van der Waals surface area contributed by atoms with Crippen LogP contribution in [0.5, 0.6) is 0 Å². The summed E-state index contributed by atoms with van der Waals surface area (Å²) in [5.74, 6) is 0.198. The Labute approximate surface area is 127 Å². The number of halogens is 1. The molecule has 0 unspecified atom stereocenters. The van der Waals surface area contributed by atoms with Crippen LogP contribution in [0.2, 0.25) is 5.15 Å². The highest BCUT2D eigenvalue weighted by Crippen LogP contribution is 2.06. The van der Waals surface area contributed by atoms with Gasteiger partial charge in [0.05, 0.1) is 12.0 Å². The molecule has 9 heteroatoms. The first-order chi connectivity index (χ1) is 10.0. The van der Waals surface area contributed by atoms with Crippen LogP contribution in [0.1, 0.15) is 5.56 Å². The Hall–Kier alpha value is -1.90. The second kappa shape index (κ2) is 9.11. The van der Waals surface area contributed by atoms with Crippen LogP contribution < -0.4 is 10.8 Å². The maximum absolute atomic E-state index is 10.4. The average molecular weight is 316 g/mol. The van der Waals surface area contributed by atoms with Crippen molar-refractivity contribution in [1.82, 2.24) is 20.7 Å². The third-order valence-corrected chi connectivity index (χ3v) is 2.72. The summed E-state index contributed by atoms with van der Waals surface area (Å²) in [6.45, 7) is 1.91. The molecule has 0 bridgehead atoms. The minimum absolute atomic E-state index is 0.198. The lowest BCUT2D eigenvalue weighted by Crippen LogP contribution is -2.33. The van der Waals surface area contributed by atoms with E-state index in [0.717, 1.165) is 11.8 Å². The SMILES string of the molecule is CONC(=C[N+](=O)[O-])NCCN(C)Cc1ccc(Cl)nc1. The second-order valence-electron chi connectivity index (χ2n) is 4.29. The molecule has 0 amide bonds. The van der Waals surface area contributed by atoms with Gasteiger partial charge in [0.15, 0.2) is 5.82 Å². The molecule has 0 radical (unpaired) electrons. The van der Waals surface area contributed by atoms with E-state index < -0.39 is 4.92 Å². The van der Waals surface area contributed by atoms with Gasteiger partial charge in [0.2, 0.25) is 0 Å². The molecule has 116 valence electrons. The van der Waals surface area contributed by atoms with Crippen molar-refractivity contribution in [2.75, 3.05) is 27.2 Å². The van der Waals surface area contributed by atoms with Gasteiger partial charge >= 0.3 is 0 Å². The van der Waals surface area contributed by atoms with E-state index in [1.807, 2.05) is 13.1 Å². The number of nitro groups is 1. The second-order valence-corrected chi connectivity index (χ2v) is 4.68. The van der Waals surface area contributed by atoms with Gasteiger partial charge in [-0.2, -0.15) is 0 Å². The standard InChI is InChI=1S/C12H18ClN5O3/c1-17(8-10-3-4-11(13)15-7-10)6-5-14-12(16-21-2)9-18(19)20/h3-4,7,9,14,16H,5-6,8H2,1-2H3. The van der Waals surface area contributed by atoms with E-state index in [4.69, 9.17) is 11.6 Å². The molecule has 1 rings (SSSR count). The average Bonchev–Trinajstić information content (AvgIpc) is 2.41. The molecule has 0 aliphatic carbocycles. The molecule has 0 aliphatic rings. The van der Waals surface area contributed by atoms with Crippen LogP contribution in [-0.4, -0.2) is 42.1 Å². The van der Waals surface area contributed by atoms with Gasteiger partial charge in [0, 0.05) is 25.8 Å². The van der Waals surface area contributed by atoms with Gasteiger partial charge in [-0.3, -0.25) is 15.0 Å². The molecule has 0 fully saturated rings. The summed E-state index contributed by atoms with van der Waals surface area (Å²) in [7, 11) is 3.33. The Balaban J connectivity index is 2.36.